The molecule has 4 bridgehead atoms. The quantitative estimate of drug-likeness (QED) is 0.238. The summed E-state index contributed by atoms with van der Waals surface area (Å²) >= 11 is 0. The molecule has 9 atom stereocenters. The Morgan fingerprint density at radius 3 is 1.41 bits per heavy atom. The van der Waals surface area contributed by atoms with E-state index < -0.39 is 5.60 Å². The lowest BCUT2D eigenvalue weighted by Gasteiger charge is -2.57. The molecule has 2 nitrogen and oxygen atoms in total. The van der Waals surface area contributed by atoms with Crippen molar-refractivity contribution >= 4 is 0 Å². The predicted octanol–water partition coefficient (Wildman–Crippen LogP) is 27.3. The van der Waals surface area contributed by atoms with E-state index in [1.54, 1.807) is 27.9 Å². The highest BCUT2D eigenvalue weighted by molar-refractivity contribution is 5.25. The highest BCUT2D eigenvalue weighted by Gasteiger charge is 2.51. The first-order valence-electron chi connectivity index (χ1n) is 37.7. The summed E-state index contributed by atoms with van der Waals surface area (Å²) in [5, 5.41) is 18.5. The minimum absolute atomic E-state index is 0.239. The third-order valence-electron chi connectivity index (χ3n) is 23.9. The smallest absolute Gasteiger partial charge is 0.0641 e. The Kier molecular flexibility index (Phi) is 36.0. The minimum Gasteiger partial charge on any atom is -0.392 e. The first-order chi connectivity index (χ1) is 43.0. The van der Waals surface area contributed by atoms with Crippen LogP contribution in [0.2, 0.25) is 0 Å². The predicted molar refractivity (Wildman–Crippen MR) is 412 cm³/mol. The SMILES string of the molecule is C=C(C)[C@@H]1CC=C(C)CC1.C=C(C)[C@@H]1CC=C(CO)CC1.C=C1CCC2CC1C2(C)C.CC1=CC=C(C(C)C)CC1.CC1=CCC(C(C)(C)O)CC1.CC1=CCC(C(C)C)=CC1.CC1=CCC(C(C)C)C=C1.CC1=CCC2CC1C2(C)C.CC1=CC[C@H](C(C)C)CC1. The number of hydrogen-bond acceptors (Lipinski definition) is 2. The topological polar surface area (TPSA) is 40.5 Å². The molecule has 0 amide bonds. The Labute approximate surface area is 572 Å². The highest BCUT2D eigenvalue weighted by Crippen LogP contribution is 2.61. The van der Waals surface area contributed by atoms with Gasteiger partial charge in [-0.15, -0.1) is 0 Å². The fourth-order valence-corrected chi connectivity index (χ4v) is 15.2. The molecule has 0 aromatic rings. The van der Waals surface area contributed by atoms with Crippen LogP contribution in [0, 0.1) is 87.8 Å². The second-order valence-electron chi connectivity index (χ2n) is 34.0. The molecule has 0 aromatic heterocycles. The summed E-state index contributed by atoms with van der Waals surface area (Å²) in [7, 11) is 0. The highest BCUT2D eigenvalue weighted by atomic mass is 16.3. The Hall–Kier alpha value is -3.72. The van der Waals surface area contributed by atoms with E-state index in [9.17, 15) is 5.11 Å². The molecule has 6 unspecified atom stereocenters. The van der Waals surface area contributed by atoms with E-state index in [0.29, 0.717) is 22.7 Å². The van der Waals surface area contributed by atoms with E-state index in [4.69, 9.17) is 5.11 Å². The van der Waals surface area contributed by atoms with Gasteiger partial charge >= 0.3 is 0 Å². The van der Waals surface area contributed by atoms with Gasteiger partial charge in [-0.2, -0.15) is 0 Å². The number of rotatable bonds is 8. The molecule has 520 valence electrons. The second-order valence-corrected chi connectivity index (χ2v) is 34.0. The van der Waals surface area contributed by atoms with Gasteiger partial charge in [0.2, 0.25) is 0 Å². The molecule has 13 aliphatic carbocycles. The Morgan fingerprint density at radius 2 is 1.08 bits per heavy atom. The molecule has 13 aliphatic rings. The van der Waals surface area contributed by atoms with Crippen LogP contribution in [0.5, 0.6) is 0 Å². The van der Waals surface area contributed by atoms with Crippen LogP contribution in [0.4, 0.5) is 0 Å². The van der Waals surface area contributed by atoms with Gasteiger partial charge in [-0.05, 0) is 311 Å². The fourth-order valence-electron chi connectivity index (χ4n) is 15.2. The normalized spacial score (nSPS) is 27.9. The Bertz CT molecular complexity index is 2650. The minimum atomic E-state index is -0.489. The van der Waals surface area contributed by atoms with E-state index in [2.05, 4.69) is 238 Å². The van der Waals surface area contributed by atoms with Gasteiger partial charge in [0.15, 0.2) is 0 Å². The van der Waals surface area contributed by atoms with Gasteiger partial charge in [-0.1, -0.05) is 243 Å². The van der Waals surface area contributed by atoms with E-state index >= 15 is 0 Å². The van der Waals surface area contributed by atoms with Crippen molar-refractivity contribution in [2.45, 2.75) is 306 Å². The molecule has 2 heteroatoms. The molecular formula is C90H148O2. The molecule has 13 rings (SSSR count). The van der Waals surface area contributed by atoms with Crippen molar-refractivity contribution in [3.05, 3.63) is 165 Å². The molecule has 0 spiro atoms. The van der Waals surface area contributed by atoms with Gasteiger partial charge in [0.25, 0.3) is 0 Å². The summed E-state index contributed by atoms with van der Waals surface area (Å²) < 4.78 is 0. The van der Waals surface area contributed by atoms with Crippen LogP contribution >= 0.6 is 0 Å². The molecule has 0 saturated heterocycles. The lowest BCUT2D eigenvalue weighted by molar-refractivity contribution is -0.0273. The third-order valence-corrected chi connectivity index (χ3v) is 23.9. The summed E-state index contributed by atoms with van der Waals surface area (Å²) in [5.41, 5.74) is 20.0. The molecule has 0 heterocycles. The van der Waals surface area contributed by atoms with Crippen molar-refractivity contribution in [1.29, 1.82) is 0 Å². The zero-order valence-corrected chi connectivity index (χ0v) is 64.7. The maximum absolute atomic E-state index is 9.70. The Balaban J connectivity index is 0.000000270. The van der Waals surface area contributed by atoms with E-state index in [-0.39, 0.29) is 6.61 Å². The van der Waals surface area contributed by atoms with Gasteiger partial charge < -0.3 is 10.2 Å². The molecule has 0 aliphatic heterocycles. The fraction of sp³-hybridized carbons (Fsp3) is 0.689. The standard InChI is InChI=1S/C10H18O.C10H16O.2C10H16.C10H18.4C10H16/c1-8-4-6-9(7-5-8)10(2,3)11;1-8(2)10-5-3-9(7-11)4-6-10;2*1-7-4-5-8-6-9(7)10(8,2)3;5*1-8(2)10-6-4-9(3)5-7-10/h4,9,11H,5-7H2,1-3H3;3,10-11H,1,4-7H2,2H3;4,8-9H,5-6H2,1-3H3;8-9H,1,4-6H2,2-3H3;4,8,10H,5-7H2,1-3H3;4,7-8H,5-6H2,1-3H3;4,6,8H,5,7H2,1-3H3;4-6,8,10H,7H2,1-3H3;4,10H,1,5-7H2,2-3H3/t;10-;;;10-;;;;10-/m.1..0...1/s1. The van der Waals surface area contributed by atoms with Gasteiger partial charge in [0.1, 0.15) is 0 Å². The third kappa shape index (κ3) is 28.5. The maximum Gasteiger partial charge on any atom is 0.0641 e. The molecule has 0 aromatic carbocycles. The van der Waals surface area contributed by atoms with Gasteiger partial charge in [0.05, 0.1) is 12.2 Å². The van der Waals surface area contributed by atoms with Crippen molar-refractivity contribution in [2.24, 2.45) is 87.8 Å². The number of aliphatic hydroxyl groups is 2. The van der Waals surface area contributed by atoms with E-state index in [1.807, 2.05) is 13.8 Å². The van der Waals surface area contributed by atoms with Crippen LogP contribution in [-0.2, 0) is 0 Å². The number of hydrogen-bond donors (Lipinski definition) is 2. The summed E-state index contributed by atoms with van der Waals surface area (Å²) in [6.07, 6.45) is 55.4. The van der Waals surface area contributed by atoms with Crippen LogP contribution in [0.15, 0.2) is 165 Å². The number of allylic oxidation sites excluding steroid dienone is 24. The average molecular weight is 1260 g/mol. The van der Waals surface area contributed by atoms with Gasteiger partial charge in [-0.3, -0.25) is 0 Å². The summed E-state index contributed by atoms with van der Waals surface area (Å²) in [6, 6.07) is 0. The van der Waals surface area contributed by atoms with Crippen LogP contribution in [0.1, 0.15) is 301 Å². The largest absolute Gasteiger partial charge is 0.392 e. The molecule has 2 N–H and O–H groups in total. The zero-order chi connectivity index (χ0) is 69.3. The van der Waals surface area contributed by atoms with Crippen molar-refractivity contribution in [1.82, 2.24) is 0 Å². The summed E-state index contributed by atoms with van der Waals surface area (Å²) in [6.45, 7) is 63.7. The summed E-state index contributed by atoms with van der Waals surface area (Å²) in [4.78, 5) is 0. The van der Waals surface area contributed by atoms with Gasteiger partial charge in [0, 0.05) is 0 Å². The second kappa shape index (κ2) is 40.1. The van der Waals surface area contributed by atoms with Crippen LogP contribution in [-0.4, -0.2) is 22.4 Å². The van der Waals surface area contributed by atoms with Crippen molar-refractivity contribution in [3.63, 3.8) is 0 Å². The number of aliphatic hydroxyl groups excluding tert-OH is 1. The molecule has 0 radical (unpaired) electrons. The van der Waals surface area contributed by atoms with Crippen molar-refractivity contribution in [2.75, 3.05) is 6.61 Å². The molecule has 4 fully saturated rings. The maximum atomic E-state index is 9.70. The Morgan fingerprint density at radius 1 is 0.522 bits per heavy atom. The first kappa shape index (κ1) is 82.5. The lowest BCUT2D eigenvalue weighted by atomic mass is 9.47. The number of fused-ring (bicyclic) bond motifs is 3. The van der Waals surface area contributed by atoms with Gasteiger partial charge in [-0.25, -0.2) is 0 Å². The van der Waals surface area contributed by atoms with Crippen molar-refractivity contribution < 1.29 is 10.2 Å². The molecule has 4 saturated carbocycles. The molecular weight excluding hydrogens is 1110 g/mol. The first-order valence-corrected chi connectivity index (χ1v) is 37.7. The summed E-state index contributed by atoms with van der Waals surface area (Å²) in [5.74, 6) is 10.6. The average Bonchev–Trinajstić information content (AvgIpc) is 0.751. The van der Waals surface area contributed by atoms with Crippen LogP contribution in [0.25, 0.3) is 0 Å². The lowest BCUT2D eigenvalue weighted by Crippen LogP contribution is -2.48. The van der Waals surface area contributed by atoms with Crippen molar-refractivity contribution in [3.8, 4) is 0 Å². The molecule has 92 heavy (non-hydrogen) atoms. The van der Waals surface area contributed by atoms with Crippen LogP contribution in [0.3, 0.4) is 0 Å². The monoisotopic (exact) mass is 1260 g/mol. The van der Waals surface area contributed by atoms with E-state index in [0.717, 1.165) is 97.2 Å². The zero-order valence-electron chi connectivity index (χ0n) is 64.7. The van der Waals surface area contributed by atoms with E-state index in [1.165, 1.54) is 154 Å². The van der Waals surface area contributed by atoms with Crippen LogP contribution < -0.4 is 0 Å².